The van der Waals surface area contributed by atoms with Gasteiger partial charge in [0, 0.05) is 11.8 Å². The molecule has 1 atom stereocenters. The monoisotopic (exact) mass is 331 g/mol. The van der Waals surface area contributed by atoms with E-state index >= 15 is 0 Å². The van der Waals surface area contributed by atoms with E-state index in [-0.39, 0.29) is 0 Å². The first-order valence-corrected chi connectivity index (χ1v) is 9.33. The molecule has 6 heteroatoms. The van der Waals surface area contributed by atoms with Gasteiger partial charge in [-0.05, 0) is 31.5 Å². The Bertz CT molecular complexity index is 613. The fraction of sp³-hybridized carbons (Fsp3) is 0.529. The van der Waals surface area contributed by atoms with Gasteiger partial charge in [0.25, 0.3) is 0 Å². The lowest BCUT2D eigenvalue weighted by Crippen LogP contribution is -2.31. The van der Waals surface area contributed by atoms with Crippen molar-refractivity contribution in [3.05, 3.63) is 41.7 Å². The predicted octanol–water partition coefficient (Wildman–Crippen LogP) is 2.36. The summed E-state index contributed by atoms with van der Waals surface area (Å²) in [7, 11) is 0. The van der Waals surface area contributed by atoms with E-state index in [2.05, 4.69) is 50.9 Å². The van der Waals surface area contributed by atoms with Crippen LogP contribution in [-0.4, -0.2) is 44.5 Å². The second-order valence-corrected chi connectivity index (χ2v) is 6.90. The Kier molecular flexibility index (Phi) is 5.70. The summed E-state index contributed by atoms with van der Waals surface area (Å²) in [6.45, 7) is 5.81. The van der Waals surface area contributed by atoms with Crippen LogP contribution in [0.2, 0.25) is 0 Å². The fourth-order valence-corrected chi connectivity index (χ4v) is 4.32. The Hall–Kier alpha value is -1.37. The molecule has 2 N–H and O–H groups in total. The minimum Gasteiger partial charge on any atom is -0.324 e. The SMILES string of the molecule is CCN1CCC[C@H]1CSc1nnc(CN)n1Cc1ccccc1. The highest BCUT2D eigenvalue weighted by Gasteiger charge is 2.24. The second-order valence-electron chi connectivity index (χ2n) is 5.91. The standard InChI is InChI=1S/C17H25N5S/c1-2-21-10-6-9-15(21)13-23-17-20-19-16(11-18)22(17)12-14-7-4-3-5-8-14/h3-5,7-8,15H,2,6,9-13,18H2,1H3/t15-/m0/s1. The van der Waals surface area contributed by atoms with E-state index in [1.807, 2.05) is 17.8 Å². The van der Waals surface area contributed by atoms with Gasteiger partial charge in [0.1, 0.15) is 5.82 Å². The highest BCUT2D eigenvalue weighted by Crippen LogP contribution is 2.25. The minimum atomic E-state index is 0.422. The van der Waals surface area contributed by atoms with Crippen molar-refractivity contribution in [1.82, 2.24) is 19.7 Å². The van der Waals surface area contributed by atoms with Crippen molar-refractivity contribution < 1.29 is 0 Å². The molecule has 1 fully saturated rings. The van der Waals surface area contributed by atoms with E-state index in [1.165, 1.54) is 24.9 Å². The molecule has 1 aliphatic heterocycles. The summed E-state index contributed by atoms with van der Waals surface area (Å²) in [4.78, 5) is 2.56. The van der Waals surface area contributed by atoms with Crippen molar-refractivity contribution >= 4 is 11.8 Å². The summed E-state index contributed by atoms with van der Waals surface area (Å²) < 4.78 is 2.16. The van der Waals surface area contributed by atoms with E-state index in [0.29, 0.717) is 12.6 Å². The summed E-state index contributed by atoms with van der Waals surface area (Å²) in [5, 5.41) is 9.62. The van der Waals surface area contributed by atoms with Crippen molar-refractivity contribution in [3.8, 4) is 0 Å². The van der Waals surface area contributed by atoms with Gasteiger partial charge in [0.05, 0.1) is 13.1 Å². The van der Waals surface area contributed by atoms with Gasteiger partial charge in [-0.15, -0.1) is 10.2 Å². The number of thioether (sulfide) groups is 1. The molecule has 0 radical (unpaired) electrons. The van der Waals surface area contributed by atoms with Crippen LogP contribution in [0, 0.1) is 0 Å². The Morgan fingerprint density at radius 1 is 1.26 bits per heavy atom. The number of likely N-dealkylation sites (tertiary alicyclic amines) is 1. The Labute approximate surface area is 142 Å². The average molecular weight is 331 g/mol. The van der Waals surface area contributed by atoms with Gasteiger partial charge in [-0.1, -0.05) is 49.0 Å². The predicted molar refractivity (Wildman–Crippen MR) is 94.5 cm³/mol. The first kappa shape index (κ1) is 16.5. The molecule has 0 bridgehead atoms. The van der Waals surface area contributed by atoms with Crippen LogP contribution >= 0.6 is 11.8 Å². The molecule has 1 saturated heterocycles. The van der Waals surface area contributed by atoms with Gasteiger partial charge in [-0.2, -0.15) is 0 Å². The quantitative estimate of drug-likeness (QED) is 0.789. The molecule has 0 unspecified atom stereocenters. The van der Waals surface area contributed by atoms with Crippen LogP contribution in [0.15, 0.2) is 35.5 Å². The Morgan fingerprint density at radius 3 is 2.83 bits per heavy atom. The highest BCUT2D eigenvalue weighted by molar-refractivity contribution is 7.99. The van der Waals surface area contributed by atoms with Crippen molar-refractivity contribution in [2.45, 2.75) is 44.1 Å². The summed E-state index contributed by atoms with van der Waals surface area (Å²) in [6.07, 6.45) is 2.60. The van der Waals surface area contributed by atoms with E-state index in [9.17, 15) is 0 Å². The van der Waals surface area contributed by atoms with Crippen LogP contribution in [0.4, 0.5) is 0 Å². The number of hydrogen-bond donors (Lipinski definition) is 1. The third-order valence-electron chi connectivity index (χ3n) is 4.47. The highest BCUT2D eigenvalue weighted by atomic mass is 32.2. The van der Waals surface area contributed by atoms with Gasteiger partial charge in [0.15, 0.2) is 5.16 Å². The molecule has 5 nitrogen and oxygen atoms in total. The molecule has 3 rings (SSSR count). The van der Waals surface area contributed by atoms with Crippen LogP contribution in [0.3, 0.4) is 0 Å². The summed E-state index contributed by atoms with van der Waals surface area (Å²) in [5.41, 5.74) is 7.09. The van der Waals surface area contributed by atoms with Crippen LogP contribution in [0.25, 0.3) is 0 Å². The maximum Gasteiger partial charge on any atom is 0.191 e. The van der Waals surface area contributed by atoms with Gasteiger partial charge < -0.3 is 10.3 Å². The molecular formula is C17H25N5S. The average Bonchev–Trinajstić information content (AvgIpc) is 3.20. The second kappa shape index (κ2) is 7.95. The van der Waals surface area contributed by atoms with E-state index in [4.69, 9.17) is 5.73 Å². The molecule has 2 aromatic rings. The topological polar surface area (TPSA) is 60.0 Å². The zero-order valence-corrected chi connectivity index (χ0v) is 14.5. The number of benzene rings is 1. The van der Waals surface area contributed by atoms with Crippen LogP contribution < -0.4 is 5.73 Å². The first-order chi connectivity index (χ1) is 11.3. The number of nitrogens with two attached hydrogens (primary N) is 1. The Balaban J connectivity index is 1.70. The lowest BCUT2D eigenvalue weighted by Gasteiger charge is -2.22. The number of nitrogens with zero attached hydrogens (tertiary/aromatic N) is 4. The van der Waals surface area contributed by atoms with Gasteiger partial charge in [-0.3, -0.25) is 4.90 Å². The number of rotatable bonds is 7. The zero-order chi connectivity index (χ0) is 16.1. The third-order valence-corrected chi connectivity index (χ3v) is 5.58. The van der Waals surface area contributed by atoms with Crippen LogP contribution in [0.1, 0.15) is 31.2 Å². The normalized spacial score (nSPS) is 18.6. The van der Waals surface area contributed by atoms with Gasteiger partial charge in [0.2, 0.25) is 0 Å². The largest absolute Gasteiger partial charge is 0.324 e. The van der Waals surface area contributed by atoms with Gasteiger partial charge >= 0.3 is 0 Å². The minimum absolute atomic E-state index is 0.422. The maximum absolute atomic E-state index is 5.84. The van der Waals surface area contributed by atoms with E-state index in [0.717, 1.165) is 29.8 Å². The lowest BCUT2D eigenvalue weighted by atomic mass is 10.2. The van der Waals surface area contributed by atoms with E-state index in [1.54, 1.807) is 0 Å². The van der Waals surface area contributed by atoms with Crippen molar-refractivity contribution in [2.75, 3.05) is 18.8 Å². The smallest absolute Gasteiger partial charge is 0.191 e. The van der Waals surface area contributed by atoms with E-state index < -0.39 is 0 Å². The molecule has 0 spiro atoms. The Morgan fingerprint density at radius 2 is 2.09 bits per heavy atom. The maximum atomic E-state index is 5.84. The molecule has 2 heterocycles. The first-order valence-electron chi connectivity index (χ1n) is 8.34. The molecule has 23 heavy (non-hydrogen) atoms. The third kappa shape index (κ3) is 3.94. The molecular weight excluding hydrogens is 306 g/mol. The molecule has 0 saturated carbocycles. The molecule has 0 amide bonds. The summed E-state index contributed by atoms with van der Waals surface area (Å²) in [5.74, 6) is 1.93. The lowest BCUT2D eigenvalue weighted by molar-refractivity contribution is 0.287. The van der Waals surface area contributed by atoms with Gasteiger partial charge in [-0.25, -0.2) is 0 Å². The molecule has 1 aliphatic rings. The van der Waals surface area contributed by atoms with Crippen LogP contribution in [0.5, 0.6) is 0 Å². The zero-order valence-electron chi connectivity index (χ0n) is 13.7. The number of aromatic nitrogens is 3. The van der Waals surface area contributed by atoms with Crippen molar-refractivity contribution in [2.24, 2.45) is 5.73 Å². The van der Waals surface area contributed by atoms with Crippen molar-refractivity contribution in [1.29, 1.82) is 0 Å². The summed E-state index contributed by atoms with van der Waals surface area (Å²) in [6, 6.07) is 11.1. The fourth-order valence-electron chi connectivity index (χ4n) is 3.17. The molecule has 0 aliphatic carbocycles. The molecule has 1 aromatic carbocycles. The van der Waals surface area contributed by atoms with Crippen LogP contribution in [-0.2, 0) is 13.1 Å². The molecule has 1 aromatic heterocycles. The summed E-state index contributed by atoms with van der Waals surface area (Å²) >= 11 is 1.81. The van der Waals surface area contributed by atoms with Crippen molar-refractivity contribution in [3.63, 3.8) is 0 Å². The number of hydrogen-bond acceptors (Lipinski definition) is 5. The molecule has 124 valence electrons.